The number of nitrogens with two attached hydrogens (primary N) is 1. The summed E-state index contributed by atoms with van der Waals surface area (Å²) in [6.07, 6.45) is 0. The number of ether oxygens (including phenoxy) is 1. The van der Waals surface area contributed by atoms with Crippen LogP contribution in [0.2, 0.25) is 0 Å². The van der Waals surface area contributed by atoms with Crippen molar-refractivity contribution in [2.75, 3.05) is 19.0 Å². The number of aromatic nitrogens is 2. The Hall–Kier alpha value is -2.64. The minimum absolute atomic E-state index is 0.131. The summed E-state index contributed by atoms with van der Waals surface area (Å²) >= 11 is 0. The fourth-order valence-electron chi connectivity index (χ4n) is 2.37. The summed E-state index contributed by atoms with van der Waals surface area (Å²) in [5.74, 6) is -0.949. The molecule has 8 heteroatoms. The number of nitrogens with one attached hydrogen (secondary N) is 2. The molecule has 0 saturated heterocycles. The standard InChI is InChI=1S/C15H19F2N5O/c1-4-23-9-5-11(16)10(12(17)6-9)7-22-15(20-3)8(2)13(21-22)14(18)19/h5-6,20H,4,7H2,1-3H3,(H3,18,19). The van der Waals surface area contributed by atoms with Gasteiger partial charge in [0, 0.05) is 30.3 Å². The summed E-state index contributed by atoms with van der Waals surface area (Å²) < 4.78 is 34.8. The molecule has 0 radical (unpaired) electrons. The second-order valence-electron chi connectivity index (χ2n) is 4.94. The van der Waals surface area contributed by atoms with Crippen LogP contribution in [0.5, 0.6) is 5.75 Å². The maximum Gasteiger partial charge on any atom is 0.144 e. The topological polar surface area (TPSA) is 89.0 Å². The first kappa shape index (κ1) is 16.7. The van der Waals surface area contributed by atoms with Crippen molar-refractivity contribution in [2.24, 2.45) is 5.73 Å². The van der Waals surface area contributed by atoms with Crippen LogP contribution in [-0.4, -0.2) is 29.3 Å². The van der Waals surface area contributed by atoms with Gasteiger partial charge in [0.25, 0.3) is 0 Å². The molecule has 0 saturated carbocycles. The molecule has 0 spiro atoms. The van der Waals surface area contributed by atoms with E-state index in [2.05, 4.69) is 10.4 Å². The predicted octanol–water partition coefficient (Wildman–Crippen LogP) is 2.24. The van der Waals surface area contributed by atoms with Gasteiger partial charge < -0.3 is 15.8 Å². The smallest absolute Gasteiger partial charge is 0.144 e. The average molecular weight is 323 g/mol. The average Bonchev–Trinajstić information content (AvgIpc) is 2.79. The molecule has 2 aromatic rings. The van der Waals surface area contributed by atoms with E-state index in [1.54, 1.807) is 20.9 Å². The number of nitrogens with zero attached hydrogens (tertiary/aromatic N) is 2. The maximum atomic E-state index is 14.2. The molecule has 0 bridgehead atoms. The first-order valence-corrected chi connectivity index (χ1v) is 7.09. The Bertz CT molecular complexity index is 719. The van der Waals surface area contributed by atoms with E-state index in [1.165, 1.54) is 4.68 Å². The van der Waals surface area contributed by atoms with Gasteiger partial charge in [-0.2, -0.15) is 5.10 Å². The molecular formula is C15H19F2N5O. The number of hydrogen-bond acceptors (Lipinski definition) is 4. The van der Waals surface area contributed by atoms with Gasteiger partial charge >= 0.3 is 0 Å². The Labute approximate surface area is 132 Å². The summed E-state index contributed by atoms with van der Waals surface area (Å²) in [4.78, 5) is 0. The highest BCUT2D eigenvalue weighted by Gasteiger charge is 2.19. The van der Waals surface area contributed by atoms with Crippen LogP contribution in [0.25, 0.3) is 0 Å². The van der Waals surface area contributed by atoms with Crippen LogP contribution < -0.4 is 15.8 Å². The first-order valence-electron chi connectivity index (χ1n) is 7.09. The minimum Gasteiger partial charge on any atom is -0.494 e. The molecule has 0 aliphatic rings. The molecule has 6 nitrogen and oxygen atoms in total. The molecule has 0 unspecified atom stereocenters. The van der Waals surface area contributed by atoms with E-state index < -0.39 is 11.6 Å². The number of rotatable bonds is 6. The number of hydrogen-bond donors (Lipinski definition) is 3. The second kappa shape index (κ2) is 6.64. The molecule has 0 aliphatic carbocycles. The van der Waals surface area contributed by atoms with Gasteiger partial charge in [0.1, 0.15) is 34.7 Å². The molecule has 1 aromatic heterocycles. The summed E-state index contributed by atoms with van der Waals surface area (Å²) in [6, 6.07) is 2.28. The zero-order chi connectivity index (χ0) is 17.1. The van der Waals surface area contributed by atoms with E-state index in [0.717, 1.165) is 12.1 Å². The SMILES string of the molecule is CCOc1cc(F)c(Cn2nc(C(=N)N)c(C)c2NC)c(F)c1. The lowest BCUT2D eigenvalue weighted by Crippen LogP contribution is -2.14. The van der Waals surface area contributed by atoms with Crippen LogP contribution >= 0.6 is 0 Å². The summed E-state index contributed by atoms with van der Waals surface area (Å²) in [5, 5.41) is 14.6. The third kappa shape index (κ3) is 3.25. The van der Waals surface area contributed by atoms with Crippen molar-refractivity contribution in [1.29, 1.82) is 5.41 Å². The summed E-state index contributed by atoms with van der Waals surface area (Å²) in [5.41, 5.74) is 6.26. The molecular weight excluding hydrogens is 304 g/mol. The largest absolute Gasteiger partial charge is 0.494 e. The van der Waals surface area contributed by atoms with Gasteiger partial charge in [-0.3, -0.25) is 5.41 Å². The van der Waals surface area contributed by atoms with E-state index in [1.807, 2.05) is 0 Å². The maximum absolute atomic E-state index is 14.2. The number of anilines is 1. The Morgan fingerprint density at radius 2 is 2.00 bits per heavy atom. The number of nitrogen functional groups attached to an aromatic ring is 1. The van der Waals surface area contributed by atoms with Gasteiger partial charge in [-0.05, 0) is 13.8 Å². The Kier molecular flexibility index (Phi) is 4.83. The van der Waals surface area contributed by atoms with Gasteiger partial charge in [-0.25, -0.2) is 13.5 Å². The third-order valence-corrected chi connectivity index (χ3v) is 3.41. The van der Waals surface area contributed by atoms with Crippen LogP contribution in [0.4, 0.5) is 14.6 Å². The first-order chi connectivity index (χ1) is 10.9. The van der Waals surface area contributed by atoms with Crippen molar-refractivity contribution in [2.45, 2.75) is 20.4 Å². The summed E-state index contributed by atoms with van der Waals surface area (Å²) in [6.45, 7) is 3.66. The lowest BCUT2D eigenvalue weighted by atomic mass is 10.2. The molecule has 0 amide bonds. The van der Waals surface area contributed by atoms with Gasteiger partial charge in [0.15, 0.2) is 0 Å². The van der Waals surface area contributed by atoms with Crippen molar-refractivity contribution < 1.29 is 13.5 Å². The normalized spacial score (nSPS) is 10.7. The van der Waals surface area contributed by atoms with Gasteiger partial charge in [-0.1, -0.05) is 0 Å². The molecule has 2 rings (SSSR count). The van der Waals surface area contributed by atoms with Crippen molar-refractivity contribution >= 4 is 11.7 Å². The van der Waals surface area contributed by atoms with Crippen molar-refractivity contribution in [3.8, 4) is 5.75 Å². The lowest BCUT2D eigenvalue weighted by molar-refractivity contribution is 0.335. The highest BCUT2D eigenvalue weighted by molar-refractivity contribution is 5.95. The van der Waals surface area contributed by atoms with Gasteiger partial charge in [0.2, 0.25) is 0 Å². The van der Waals surface area contributed by atoms with E-state index >= 15 is 0 Å². The monoisotopic (exact) mass is 323 g/mol. The fourth-order valence-corrected chi connectivity index (χ4v) is 2.37. The van der Waals surface area contributed by atoms with E-state index in [4.69, 9.17) is 15.9 Å². The second-order valence-corrected chi connectivity index (χ2v) is 4.94. The van der Waals surface area contributed by atoms with Gasteiger partial charge in [0.05, 0.1) is 13.2 Å². The Balaban J connectivity index is 2.43. The van der Waals surface area contributed by atoms with Crippen LogP contribution in [0.1, 0.15) is 23.7 Å². The third-order valence-electron chi connectivity index (χ3n) is 3.41. The quantitative estimate of drug-likeness (QED) is 0.562. The lowest BCUT2D eigenvalue weighted by Gasteiger charge is -2.11. The van der Waals surface area contributed by atoms with E-state index in [0.29, 0.717) is 18.0 Å². The highest BCUT2D eigenvalue weighted by atomic mass is 19.1. The van der Waals surface area contributed by atoms with Crippen LogP contribution in [0.3, 0.4) is 0 Å². The number of halogens is 2. The van der Waals surface area contributed by atoms with E-state index in [-0.39, 0.29) is 29.4 Å². The predicted molar refractivity (Wildman–Crippen MR) is 84.2 cm³/mol. The molecule has 0 atom stereocenters. The molecule has 4 N–H and O–H groups in total. The molecule has 124 valence electrons. The molecule has 23 heavy (non-hydrogen) atoms. The minimum atomic E-state index is -0.715. The van der Waals surface area contributed by atoms with Crippen LogP contribution in [-0.2, 0) is 6.54 Å². The number of benzene rings is 1. The van der Waals surface area contributed by atoms with Gasteiger partial charge in [-0.15, -0.1) is 0 Å². The zero-order valence-corrected chi connectivity index (χ0v) is 13.2. The fraction of sp³-hybridized carbons (Fsp3) is 0.333. The van der Waals surface area contributed by atoms with Crippen LogP contribution in [0.15, 0.2) is 12.1 Å². The highest BCUT2D eigenvalue weighted by Crippen LogP contribution is 2.24. The molecule has 1 aromatic carbocycles. The summed E-state index contributed by atoms with van der Waals surface area (Å²) in [7, 11) is 1.66. The van der Waals surface area contributed by atoms with Crippen molar-refractivity contribution in [3.63, 3.8) is 0 Å². The molecule has 1 heterocycles. The van der Waals surface area contributed by atoms with Crippen LogP contribution in [0, 0.1) is 24.0 Å². The Morgan fingerprint density at radius 1 is 1.39 bits per heavy atom. The molecule has 0 fully saturated rings. The van der Waals surface area contributed by atoms with E-state index in [9.17, 15) is 8.78 Å². The Morgan fingerprint density at radius 3 is 2.48 bits per heavy atom. The zero-order valence-electron chi connectivity index (χ0n) is 13.2. The molecule has 0 aliphatic heterocycles. The van der Waals surface area contributed by atoms with Crippen molar-refractivity contribution in [3.05, 3.63) is 40.6 Å². The number of amidine groups is 1. The van der Waals surface area contributed by atoms with Crippen molar-refractivity contribution in [1.82, 2.24) is 9.78 Å².